The number of amides is 5. The van der Waals surface area contributed by atoms with E-state index >= 15 is 0 Å². The predicted octanol–water partition coefficient (Wildman–Crippen LogP) is 6.50. The van der Waals surface area contributed by atoms with Gasteiger partial charge in [0.25, 0.3) is 17.7 Å². The van der Waals surface area contributed by atoms with Crippen LogP contribution in [0.15, 0.2) is 54.0 Å². The van der Waals surface area contributed by atoms with Crippen LogP contribution in [0.4, 0.5) is 28.9 Å². The van der Waals surface area contributed by atoms with Gasteiger partial charge in [0.05, 0.1) is 45.7 Å². The maximum Gasteiger partial charge on any atom is 0.277 e. The van der Waals surface area contributed by atoms with Gasteiger partial charge in [-0.15, -0.1) is 11.3 Å². The van der Waals surface area contributed by atoms with Gasteiger partial charge in [-0.2, -0.15) is 0 Å². The number of benzene rings is 3. The zero-order valence-electron chi connectivity index (χ0n) is 39.8. The third-order valence-corrected chi connectivity index (χ3v) is 13.5. The van der Waals surface area contributed by atoms with E-state index in [0.717, 1.165) is 41.1 Å². The Labute approximate surface area is 426 Å². The maximum absolute atomic E-state index is 14.7. The largest absolute Gasteiger partial charge is 0.483 e. The van der Waals surface area contributed by atoms with Crippen molar-refractivity contribution < 1.29 is 56.2 Å². The molecule has 4 aromatic rings. The number of hydrogen-bond acceptors (Lipinski definition) is 12. The Bertz CT molecular complexity index is 2560. The SMILES string of the molecule is Cc1ncsc1-c1ccc(CNC(=O)[C@H]2C[C@@H](O)CN2C(=O)[C@@H](NC(=O)C2(F)CC2)C(C)(C)C)c(OCC(=O)NCCCCCNCCCONC(=O)c2ccc(F)c(F)c2Nc2ccc(I)cc2F)c1. The van der Waals surface area contributed by atoms with Crippen LogP contribution in [0.5, 0.6) is 5.75 Å². The average Bonchev–Trinajstić information content (AvgIpc) is 3.73. The number of β-amino-alcohol motifs (C(OH)–C–C–N with tert-alkyl or cyclic N) is 1. The molecule has 3 aromatic carbocycles. The number of aliphatic hydroxyl groups is 1. The normalized spacial score (nSPS) is 16.5. The molecule has 1 saturated heterocycles. The molecule has 2 fully saturated rings. The van der Waals surface area contributed by atoms with Gasteiger partial charge in [-0.3, -0.25) is 28.8 Å². The van der Waals surface area contributed by atoms with Crippen molar-refractivity contribution in [1.29, 1.82) is 0 Å². The molecular weight excluding hydrogens is 1060 g/mol. The Balaban J connectivity index is 0.906. The van der Waals surface area contributed by atoms with Crippen molar-refractivity contribution in [2.45, 2.75) is 103 Å². The number of aliphatic hydroxyl groups excluding tert-OH is 1. The van der Waals surface area contributed by atoms with Gasteiger partial charge in [-0.1, -0.05) is 39.3 Å². The summed E-state index contributed by atoms with van der Waals surface area (Å²) in [5.74, 6) is -6.11. The molecule has 0 bridgehead atoms. The molecule has 1 saturated carbocycles. The number of rotatable bonds is 24. The van der Waals surface area contributed by atoms with Crippen LogP contribution < -0.4 is 36.8 Å². The fraction of sp³-hybridized carbons (Fsp3) is 0.469. The third-order valence-electron chi connectivity index (χ3n) is 11.9. The summed E-state index contributed by atoms with van der Waals surface area (Å²) in [6, 6.07) is 9.19. The number of alkyl halides is 1. The molecule has 384 valence electrons. The van der Waals surface area contributed by atoms with E-state index in [-0.39, 0.29) is 62.7 Å². The second-order valence-corrected chi connectivity index (χ2v) is 20.7. The van der Waals surface area contributed by atoms with Gasteiger partial charge in [0.15, 0.2) is 23.9 Å². The number of carbonyl (C=O) groups is 5. The lowest BCUT2D eigenvalue weighted by Crippen LogP contribution is -2.59. The standard InChI is InChI=1S/C49H59F4IN8O8S/c1-28-42(71-27-58-28)29-9-10-30(24-57-45(66)37-23-32(63)25-62(37)46(67)43(48(2,3)4)60-47(68)49(53)15-16-49)38(21-29)69-26-39(64)56-19-7-5-6-17-55-18-8-20-70-61-44(65)33-12-13-34(50)40(52)41(33)59-36-14-11-31(54)22-35(36)51/h9-14,21-22,27,32,37,43,55,59,63H,5-8,15-20,23-26H2,1-4H3,(H,56,64)(H,57,66)(H,60,68)(H,61,65)/t32-,37-,43-/m1/s1. The number of likely N-dealkylation sites (tertiary alicyclic amines) is 1. The number of aryl methyl sites for hydroxylation is 1. The van der Waals surface area contributed by atoms with Crippen LogP contribution in [0, 0.1) is 33.4 Å². The van der Waals surface area contributed by atoms with E-state index in [4.69, 9.17) is 9.57 Å². The number of nitrogens with zero attached hydrogens (tertiary/aromatic N) is 2. The van der Waals surface area contributed by atoms with Crippen molar-refractivity contribution in [2.75, 3.05) is 44.7 Å². The molecular formula is C49H59F4IN8O8S. The highest BCUT2D eigenvalue weighted by Crippen LogP contribution is 2.41. The van der Waals surface area contributed by atoms with Gasteiger partial charge in [0.1, 0.15) is 23.7 Å². The highest BCUT2D eigenvalue weighted by Gasteiger charge is 2.53. The number of ether oxygens (including phenoxy) is 1. The Morgan fingerprint density at radius 1 is 0.958 bits per heavy atom. The summed E-state index contributed by atoms with van der Waals surface area (Å²) in [7, 11) is 0. The van der Waals surface area contributed by atoms with Crippen LogP contribution >= 0.6 is 33.9 Å². The Kier molecular flexibility index (Phi) is 19.2. The van der Waals surface area contributed by atoms with Gasteiger partial charge >= 0.3 is 0 Å². The lowest BCUT2D eigenvalue weighted by molar-refractivity contribution is -0.145. The second-order valence-electron chi connectivity index (χ2n) is 18.6. The highest BCUT2D eigenvalue weighted by atomic mass is 127. The molecule has 2 heterocycles. The summed E-state index contributed by atoms with van der Waals surface area (Å²) in [6.07, 6.45) is 1.96. The summed E-state index contributed by atoms with van der Waals surface area (Å²) < 4.78 is 64.4. The predicted molar refractivity (Wildman–Crippen MR) is 267 cm³/mol. The summed E-state index contributed by atoms with van der Waals surface area (Å²) >= 11 is 3.35. The zero-order chi connectivity index (χ0) is 51.5. The molecule has 16 nitrogen and oxygen atoms in total. The number of unbranched alkanes of at least 4 members (excludes halogenated alkanes) is 2. The van der Waals surface area contributed by atoms with E-state index in [0.29, 0.717) is 47.4 Å². The average molecular weight is 1120 g/mol. The molecule has 6 rings (SSSR count). The smallest absolute Gasteiger partial charge is 0.277 e. The van der Waals surface area contributed by atoms with Crippen LogP contribution in [-0.4, -0.2) is 108 Å². The van der Waals surface area contributed by atoms with Crippen LogP contribution in [0.1, 0.15) is 87.3 Å². The molecule has 22 heteroatoms. The molecule has 0 spiro atoms. The lowest BCUT2D eigenvalue weighted by Gasteiger charge is -2.35. The Hall–Kier alpha value is -5.43. The van der Waals surface area contributed by atoms with E-state index in [1.54, 1.807) is 44.5 Å². The second kappa shape index (κ2) is 24.8. The minimum Gasteiger partial charge on any atom is -0.483 e. The minimum atomic E-state index is -2.01. The maximum atomic E-state index is 14.7. The number of thiazole rings is 1. The summed E-state index contributed by atoms with van der Waals surface area (Å²) in [4.78, 5) is 77.7. The van der Waals surface area contributed by atoms with Gasteiger partial charge in [0, 0.05) is 35.2 Å². The number of nitrogens with one attached hydrogen (secondary N) is 6. The first kappa shape index (κ1) is 54.9. The van der Waals surface area contributed by atoms with Crippen LogP contribution in [0.3, 0.4) is 0 Å². The number of halogens is 5. The molecule has 7 N–H and O–H groups in total. The van der Waals surface area contributed by atoms with E-state index in [2.05, 4.69) is 37.0 Å². The fourth-order valence-corrected chi connectivity index (χ4v) is 8.96. The Morgan fingerprint density at radius 3 is 2.41 bits per heavy atom. The summed E-state index contributed by atoms with van der Waals surface area (Å²) in [6.45, 7) is 8.35. The first-order valence-electron chi connectivity index (χ1n) is 23.3. The van der Waals surface area contributed by atoms with E-state index in [1.165, 1.54) is 28.4 Å². The van der Waals surface area contributed by atoms with Gasteiger partial charge < -0.3 is 41.3 Å². The molecule has 71 heavy (non-hydrogen) atoms. The molecule has 5 amide bonds. The van der Waals surface area contributed by atoms with Gasteiger partial charge in [-0.25, -0.2) is 28.0 Å². The molecule has 1 aliphatic heterocycles. The molecule has 0 radical (unpaired) electrons. The first-order chi connectivity index (χ1) is 33.7. The van der Waals surface area contributed by atoms with Crippen molar-refractivity contribution in [3.8, 4) is 16.2 Å². The van der Waals surface area contributed by atoms with Gasteiger partial charge in [0.2, 0.25) is 11.8 Å². The van der Waals surface area contributed by atoms with Gasteiger partial charge in [-0.05, 0) is 122 Å². The number of aromatic nitrogens is 1. The van der Waals surface area contributed by atoms with Crippen LogP contribution in [-0.2, 0) is 30.6 Å². The summed E-state index contributed by atoms with van der Waals surface area (Å²) in [5, 5.41) is 24.6. The number of anilines is 2. The molecule has 0 unspecified atom stereocenters. The number of carbonyl (C=O) groups excluding carboxylic acids is 5. The number of hydroxylamine groups is 1. The Morgan fingerprint density at radius 2 is 1.70 bits per heavy atom. The van der Waals surface area contributed by atoms with Crippen molar-refractivity contribution in [3.05, 3.63) is 91.9 Å². The van der Waals surface area contributed by atoms with Crippen molar-refractivity contribution in [3.63, 3.8) is 0 Å². The van der Waals surface area contributed by atoms with Crippen LogP contribution in [0.25, 0.3) is 10.4 Å². The van der Waals surface area contributed by atoms with Crippen molar-refractivity contribution in [1.82, 2.24) is 36.6 Å². The highest BCUT2D eigenvalue weighted by molar-refractivity contribution is 14.1. The molecule has 2 aliphatic rings. The van der Waals surface area contributed by atoms with Crippen LogP contribution in [0.2, 0.25) is 0 Å². The first-order valence-corrected chi connectivity index (χ1v) is 25.2. The molecule has 1 aliphatic carbocycles. The summed E-state index contributed by atoms with van der Waals surface area (Å²) in [5.41, 5.74) is 2.32. The third kappa shape index (κ3) is 15.1. The van der Waals surface area contributed by atoms with E-state index < -0.39 is 76.0 Å². The molecule has 1 aromatic heterocycles. The zero-order valence-corrected chi connectivity index (χ0v) is 42.8. The number of hydrogen-bond donors (Lipinski definition) is 7. The molecule has 3 atom stereocenters. The lowest BCUT2D eigenvalue weighted by atomic mass is 9.85. The fourth-order valence-electron chi connectivity index (χ4n) is 7.70. The van der Waals surface area contributed by atoms with E-state index in [9.17, 15) is 46.6 Å². The topological polar surface area (TPSA) is 212 Å². The quantitative estimate of drug-likeness (QED) is 0.0174. The monoisotopic (exact) mass is 1120 g/mol. The minimum absolute atomic E-state index is 0.0356. The van der Waals surface area contributed by atoms with Crippen molar-refractivity contribution in [2.24, 2.45) is 5.41 Å². The van der Waals surface area contributed by atoms with E-state index in [1.807, 2.05) is 35.6 Å². The van der Waals surface area contributed by atoms with Crippen molar-refractivity contribution >= 4 is 74.8 Å².